The quantitative estimate of drug-likeness (QED) is 0.895. The Hall–Kier alpha value is -0.900. The summed E-state index contributed by atoms with van der Waals surface area (Å²) in [6.45, 7) is 6.40. The summed E-state index contributed by atoms with van der Waals surface area (Å²) in [5, 5.41) is 10.6. The third kappa shape index (κ3) is 3.60. The zero-order valence-corrected chi connectivity index (χ0v) is 13.2. The number of nitrogens with zero attached hydrogens (tertiary/aromatic N) is 2. The van der Waals surface area contributed by atoms with Gasteiger partial charge in [0.1, 0.15) is 0 Å². The Morgan fingerprint density at radius 2 is 1.95 bits per heavy atom. The zero-order chi connectivity index (χ0) is 14.7. The van der Waals surface area contributed by atoms with Crippen LogP contribution in [0.5, 0.6) is 0 Å². The van der Waals surface area contributed by atoms with Gasteiger partial charge >= 0.3 is 0 Å². The number of likely N-dealkylation sites (N-methyl/N-ethyl adjacent to an activating group) is 1. The number of aryl methyl sites for hydroxylation is 1. The van der Waals surface area contributed by atoms with E-state index in [1.54, 1.807) is 0 Å². The average molecular weight is 276 g/mol. The lowest BCUT2D eigenvalue weighted by molar-refractivity contribution is 0.0445. The van der Waals surface area contributed by atoms with Crippen molar-refractivity contribution >= 4 is 0 Å². The molecule has 0 bridgehead atoms. The first-order chi connectivity index (χ1) is 9.49. The highest BCUT2D eigenvalue weighted by atomic mass is 16.3. The van der Waals surface area contributed by atoms with Gasteiger partial charge in [0.2, 0.25) is 0 Å². The van der Waals surface area contributed by atoms with E-state index in [1.165, 1.54) is 18.4 Å². The first-order valence-corrected chi connectivity index (χ1v) is 7.64. The van der Waals surface area contributed by atoms with Crippen molar-refractivity contribution in [3.05, 3.63) is 35.4 Å². The van der Waals surface area contributed by atoms with Crippen LogP contribution in [0.3, 0.4) is 0 Å². The number of benzene rings is 1. The predicted molar refractivity (Wildman–Crippen MR) is 83.9 cm³/mol. The van der Waals surface area contributed by atoms with Crippen molar-refractivity contribution in [2.45, 2.75) is 44.9 Å². The summed E-state index contributed by atoms with van der Waals surface area (Å²) in [4.78, 5) is 4.72. The molecule has 0 spiro atoms. The van der Waals surface area contributed by atoms with E-state index in [1.807, 2.05) is 12.1 Å². The molecule has 1 N–H and O–H groups in total. The van der Waals surface area contributed by atoms with Crippen LogP contribution in [0.2, 0.25) is 0 Å². The molecule has 1 aliphatic rings. The van der Waals surface area contributed by atoms with Gasteiger partial charge in [0, 0.05) is 18.6 Å². The second kappa shape index (κ2) is 6.70. The minimum atomic E-state index is -0.404. The van der Waals surface area contributed by atoms with Crippen molar-refractivity contribution in [3.8, 4) is 0 Å². The van der Waals surface area contributed by atoms with Gasteiger partial charge in [-0.25, -0.2) is 0 Å². The van der Waals surface area contributed by atoms with Gasteiger partial charge in [-0.2, -0.15) is 0 Å². The number of aliphatic hydroxyl groups excluding tert-OH is 1. The van der Waals surface area contributed by atoms with Gasteiger partial charge in [0.05, 0.1) is 6.10 Å². The van der Waals surface area contributed by atoms with Crippen LogP contribution < -0.4 is 0 Å². The molecule has 0 radical (unpaired) electrons. The van der Waals surface area contributed by atoms with E-state index in [2.05, 4.69) is 49.9 Å². The molecule has 112 valence electrons. The molecule has 0 aromatic heterocycles. The number of hydrogen-bond acceptors (Lipinski definition) is 3. The first kappa shape index (κ1) is 15.5. The summed E-state index contributed by atoms with van der Waals surface area (Å²) in [5.41, 5.74) is 2.26. The van der Waals surface area contributed by atoms with E-state index in [0.29, 0.717) is 6.04 Å². The Kier molecular flexibility index (Phi) is 5.19. The molecule has 1 fully saturated rings. The molecule has 3 atom stereocenters. The molecule has 1 aliphatic heterocycles. The van der Waals surface area contributed by atoms with Crippen LogP contribution >= 0.6 is 0 Å². The summed E-state index contributed by atoms with van der Waals surface area (Å²) < 4.78 is 0. The second-order valence-electron chi connectivity index (χ2n) is 6.39. The number of likely N-dealkylation sites (tertiary alicyclic amines) is 1. The molecule has 1 aromatic carbocycles. The average Bonchev–Trinajstić information content (AvgIpc) is 2.85. The molecule has 20 heavy (non-hydrogen) atoms. The van der Waals surface area contributed by atoms with E-state index < -0.39 is 6.10 Å². The minimum Gasteiger partial charge on any atom is -0.387 e. The van der Waals surface area contributed by atoms with Crippen LogP contribution in [0, 0.1) is 6.92 Å². The summed E-state index contributed by atoms with van der Waals surface area (Å²) in [7, 11) is 4.25. The third-order valence-corrected chi connectivity index (χ3v) is 4.40. The summed E-state index contributed by atoms with van der Waals surface area (Å²) >= 11 is 0. The Morgan fingerprint density at radius 1 is 1.30 bits per heavy atom. The normalized spacial score (nSPS) is 23.2. The van der Waals surface area contributed by atoms with E-state index in [0.717, 1.165) is 18.7 Å². The van der Waals surface area contributed by atoms with Crippen LogP contribution in [0.15, 0.2) is 24.3 Å². The molecule has 2 rings (SSSR count). The molecule has 1 saturated heterocycles. The highest BCUT2D eigenvalue weighted by Gasteiger charge is 2.32. The Labute approximate surface area is 123 Å². The van der Waals surface area contributed by atoms with Crippen molar-refractivity contribution in [2.75, 3.05) is 27.2 Å². The molecule has 1 heterocycles. The molecule has 3 heteroatoms. The highest BCUT2D eigenvalue weighted by molar-refractivity contribution is 5.24. The van der Waals surface area contributed by atoms with Gasteiger partial charge in [-0.05, 0) is 52.9 Å². The molecule has 0 amide bonds. The lowest BCUT2D eigenvalue weighted by atomic mass is 10.0. The lowest BCUT2D eigenvalue weighted by Gasteiger charge is -2.35. The van der Waals surface area contributed by atoms with E-state index in [4.69, 9.17) is 0 Å². The van der Waals surface area contributed by atoms with Gasteiger partial charge in [-0.1, -0.05) is 29.8 Å². The largest absolute Gasteiger partial charge is 0.387 e. The lowest BCUT2D eigenvalue weighted by Crippen LogP contribution is -2.45. The third-order valence-electron chi connectivity index (χ3n) is 4.40. The SMILES string of the molecule is Cc1ccc(C(O)C(C)N2CCCC2CN(C)C)cc1. The van der Waals surface area contributed by atoms with Gasteiger partial charge in [-0.15, -0.1) is 0 Å². The van der Waals surface area contributed by atoms with E-state index in [-0.39, 0.29) is 6.04 Å². The Morgan fingerprint density at radius 3 is 2.55 bits per heavy atom. The summed E-state index contributed by atoms with van der Waals surface area (Å²) in [6, 6.07) is 8.99. The molecule has 0 saturated carbocycles. The van der Waals surface area contributed by atoms with Crippen molar-refractivity contribution in [2.24, 2.45) is 0 Å². The van der Waals surface area contributed by atoms with Crippen molar-refractivity contribution in [3.63, 3.8) is 0 Å². The van der Waals surface area contributed by atoms with Gasteiger partial charge in [0.15, 0.2) is 0 Å². The molecule has 3 unspecified atom stereocenters. The standard InChI is InChI=1S/C17H28N2O/c1-13-7-9-15(10-8-13)17(20)14(2)19-11-5-6-16(19)12-18(3)4/h7-10,14,16-17,20H,5-6,11-12H2,1-4H3. The maximum Gasteiger partial charge on any atom is 0.0942 e. The van der Waals surface area contributed by atoms with Crippen LogP contribution in [-0.4, -0.2) is 54.2 Å². The number of rotatable bonds is 5. The fourth-order valence-electron chi connectivity index (χ4n) is 3.24. The van der Waals surface area contributed by atoms with Crippen LogP contribution in [0.4, 0.5) is 0 Å². The monoisotopic (exact) mass is 276 g/mol. The van der Waals surface area contributed by atoms with E-state index in [9.17, 15) is 5.11 Å². The smallest absolute Gasteiger partial charge is 0.0942 e. The topological polar surface area (TPSA) is 26.7 Å². The molecular weight excluding hydrogens is 248 g/mol. The van der Waals surface area contributed by atoms with Crippen molar-refractivity contribution < 1.29 is 5.11 Å². The summed E-state index contributed by atoms with van der Waals surface area (Å²) in [6.07, 6.45) is 2.07. The Balaban J connectivity index is 2.05. The maximum atomic E-state index is 10.6. The molecule has 0 aliphatic carbocycles. The molecular formula is C17H28N2O. The zero-order valence-electron chi connectivity index (χ0n) is 13.2. The molecule has 3 nitrogen and oxygen atoms in total. The number of hydrogen-bond donors (Lipinski definition) is 1. The summed E-state index contributed by atoms with van der Waals surface area (Å²) in [5.74, 6) is 0. The maximum absolute atomic E-state index is 10.6. The second-order valence-corrected chi connectivity index (χ2v) is 6.39. The minimum absolute atomic E-state index is 0.171. The molecule has 1 aromatic rings. The number of aliphatic hydroxyl groups is 1. The Bertz CT molecular complexity index is 416. The van der Waals surface area contributed by atoms with Crippen molar-refractivity contribution in [1.29, 1.82) is 0 Å². The first-order valence-electron chi connectivity index (χ1n) is 7.64. The van der Waals surface area contributed by atoms with Crippen LogP contribution in [0.25, 0.3) is 0 Å². The highest BCUT2D eigenvalue weighted by Crippen LogP contribution is 2.28. The van der Waals surface area contributed by atoms with E-state index >= 15 is 0 Å². The fourth-order valence-corrected chi connectivity index (χ4v) is 3.24. The predicted octanol–water partition coefficient (Wildman–Crippen LogP) is 2.44. The fraction of sp³-hybridized carbons (Fsp3) is 0.647. The van der Waals surface area contributed by atoms with Gasteiger partial charge < -0.3 is 10.0 Å². The van der Waals surface area contributed by atoms with Gasteiger partial charge in [0.25, 0.3) is 0 Å². The van der Waals surface area contributed by atoms with Crippen LogP contribution in [0.1, 0.15) is 37.0 Å². The van der Waals surface area contributed by atoms with Gasteiger partial charge in [-0.3, -0.25) is 4.90 Å². The van der Waals surface area contributed by atoms with Crippen molar-refractivity contribution in [1.82, 2.24) is 9.80 Å². The van der Waals surface area contributed by atoms with Crippen LogP contribution in [-0.2, 0) is 0 Å².